The quantitative estimate of drug-likeness (QED) is 0.606. The van der Waals surface area contributed by atoms with Gasteiger partial charge in [-0.15, -0.1) is 0 Å². The number of nitrogens with zero attached hydrogens (tertiary/aromatic N) is 2. The van der Waals surface area contributed by atoms with Crippen LogP contribution in [0.2, 0.25) is 5.02 Å². The Bertz CT molecular complexity index is 969. The van der Waals surface area contributed by atoms with E-state index in [1.807, 2.05) is 35.2 Å². The predicted molar refractivity (Wildman–Crippen MR) is 105 cm³/mol. The lowest BCUT2D eigenvalue weighted by molar-refractivity contribution is -0.116. The third-order valence-corrected chi connectivity index (χ3v) is 5.16. The first-order chi connectivity index (χ1) is 12.6. The molecule has 0 N–H and O–H groups in total. The van der Waals surface area contributed by atoms with Crippen LogP contribution in [-0.4, -0.2) is 10.9 Å². The Morgan fingerprint density at radius 2 is 1.69 bits per heavy atom. The number of halogens is 1. The predicted octanol–water partition coefficient (Wildman–Crippen LogP) is 5.05. The number of aromatic nitrogens is 1. The summed E-state index contributed by atoms with van der Waals surface area (Å²) in [5.41, 5.74) is 6.83. The van der Waals surface area contributed by atoms with Crippen LogP contribution in [0.4, 0.5) is 5.69 Å². The summed E-state index contributed by atoms with van der Waals surface area (Å²) in [5.74, 6) is 0.0377. The highest BCUT2D eigenvalue weighted by atomic mass is 35.5. The number of fused-ring (bicyclic) bond motifs is 2. The van der Waals surface area contributed by atoms with Crippen LogP contribution in [0.1, 0.15) is 23.6 Å². The molecular weight excluding hydrogens is 344 g/mol. The molecule has 0 saturated carbocycles. The average Bonchev–Trinajstić information content (AvgIpc) is 2.64. The van der Waals surface area contributed by atoms with Crippen molar-refractivity contribution in [2.24, 2.45) is 0 Å². The van der Waals surface area contributed by atoms with Crippen LogP contribution < -0.4 is 4.90 Å². The monoisotopic (exact) mass is 362 g/mol. The number of carbonyl (C=O) groups is 1. The van der Waals surface area contributed by atoms with Crippen molar-refractivity contribution in [1.29, 1.82) is 0 Å². The Balaban J connectivity index is 1.78. The molecule has 0 bridgehead atoms. The van der Waals surface area contributed by atoms with Crippen LogP contribution in [-0.2, 0) is 24.2 Å². The summed E-state index contributed by atoms with van der Waals surface area (Å²) in [5, 5.41) is 0.709. The van der Waals surface area contributed by atoms with Gasteiger partial charge in [0.2, 0.25) is 5.91 Å². The second-order valence-electron chi connectivity index (χ2n) is 6.60. The minimum atomic E-state index is 0.0377. The van der Waals surface area contributed by atoms with Crippen molar-refractivity contribution in [3.63, 3.8) is 0 Å². The molecule has 26 heavy (non-hydrogen) atoms. The van der Waals surface area contributed by atoms with E-state index in [9.17, 15) is 4.79 Å². The van der Waals surface area contributed by atoms with Crippen molar-refractivity contribution in [1.82, 2.24) is 4.98 Å². The Morgan fingerprint density at radius 3 is 2.46 bits per heavy atom. The Labute approximate surface area is 158 Å². The van der Waals surface area contributed by atoms with Gasteiger partial charge in [0.05, 0.1) is 6.54 Å². The number of hydrogen-bond donors (Lipinski definition) is 0. The smallest absolute Gasteiger partial charge is 0.224 e. The second kappa shape index (κ2) is 6.93. The van der Waals surface area contributed by atoms with E-state index in [0.29, 0.717) is 11.6 Å². The SMILES string of the molecule is CC(=O)N1Cc2cc(-c3ccncc3)ccc2CCc2cc(Cl)ccc21. The zero-order valence-corrected chi connectivity index (χ0v) is 15.3. The molecule has 1 aliphatic rings. The third kappa shape index (κ3) is 3.23. The standard InChI is InChI=1S/C22H19ClN2O/c1-15(26)25-14-20-12-18(17-8-10-24-11-9-17)4-2-16(20)3-5-19-13-21(23)6-7-22(19)25/h2,4,6-13H,3,5,14H2,1H3. The van der Waals surface area contributed by atoms with Crippen molar-refractivity contribution in [2.75, 3.05) is 4.90 Å². The fraction of sp³-hybridized carbons (Fsp3) is 0.182. The Hall–Kier alpha value is -2.65. The molecule has 4 heteroatoms. The lowest BCUT2D eigenvalue weighted by atomic mass is 9.92. The number of anilines is 1. The number of rotatable bonds is 1. The number of carbonyl (C=O) groups excluding carboxylic acids is 1. The van der Waals surface area contributed by atoms with Crippen molar-refractivity contribution in [3.8, 4) is 11.1 Å². The fourth-order valence-corrected chi connectivity index (χ4v) is 3.76. The van der Waals surface area contributed by atoms with E-state index in [2.05, 4.69) is 23.2 Å². The maximum atomic E-state index is 12.4. The van der Waals surface area contributed by atoms with E-state index in [-0.39, 0.29) is 5.91 Å². The van der Waals surface area contributed by atoms with E-state index in [0.717, 1.165) is 35.2 Å². The van der Waals surface area contributed by atoms with Gasteiger partial charge in [-0.25, -0.2) is 0 Å². The van der Waals surface area contributed by atoms with Crippen LogP contribution >= 0.6 is 11.6 Å². The number of hydrogen-bond acceptors (Lipinski definition) is 2. The maximum Gasteiger partial charge on any atom is 0.224 e. The van der Waals surface area contributed by atoms with Gasteiger partial charge in [-0.05, 0) is 77.1 Å². The highest BCUT2D eigenvalue weighted by Gasteiger charge is 2.21. The van der Waals surface area contributed by atoms with Crippen molar-refractivity contribution in [2.45, 2.75) is 26.3 Å². The summed E-state index contributed by atoms with van der Waals surface area (Å²) >= 11 is 6.18. The molecule has 0 fully saturated rings. The van der Waals surface area contributed by atoms with Gasteiger partial charge in [0, 0.05) is 30.0 Å². The third-order valence-electron chi connectivity index (χ3n) is 4.92. The highest BCUT2D eigenvalue weighted by Crippen LogP contribution is 2.32. The zero-order chi connectivity index (χ0) is 18.1. The molecule has 4 rings (SSSR count). The van der Waals surface area contributed by atoms with Crippen LogP contribution in [0.15, 0.2) is 60.9 Å². The molecule has 0 saturated heterocycles. The summed E-state index contributed by atoms with van der Waals surface area (Å²) in [7, 11) is 0. The van der Waals surface area contributed by atoms with E-state index in [1.54, 1.807) is 19.3 Å². The van der Waals surface area contributed by atoms with Crippen molar-refractivity contribution in [3.05, 3.63) is 82.6 Å². The molecule has 3 aromatic rings. The minimum absolute atomic E-state index is 0.0377. The summed E-state index contributed by atoms with van der Waals surface area (Å²) in [4.78, 5) is 18.3. The zero-order valence-electron chi connectivity index (χ0n) is 14.6. The molecular formula is C22H19ClN2O. The van der Waals surface area contributed by atoms with Gasteiger partial charge in [-0.1, -0.05) is 23.7 Å². The van der Waals surface area contributed by atoms with Gasteiger partial charge in [0.25, 0.3) is 0 Å². The first-order valence-electron chi connectivity index (χ1n) is 8.70. The summed E-state index contributed by atoms with van der Waals surface area (Å²) in [6.07, 6.45) is 5.40. The molecule has 0 radical (unpaired) electrons. The minimum Gasteiger partial charge on any atom is -0.308 e. The molecule has 2 heterocycles. The maximum absolute atomic E-state index is 12.4. The van der Waals surface area contributed by atoms with E-state index >= 15 is 0 Å². The molecule has 0 spiro atoms. The first kappa shape index (κ1) is 16.8. The molecule has 0 atom stereocenters. The second-order valence-corrected chi connectivity index (χ2v) is 7.03. The molecule has 1 aliphatic heterocycles. The lowest BCUT2D eigenvalue weighted by Gasteiger charge is -2.28. The molecule has 0 aliphatic carbocycles. The van der Waals surface area contributed by atoms with Gasteiger partial charge < -0.3 is 4.90 Å². The number of amides is 1. The van der Waals surface area contributed by atoms with Gasteiger partial charge in [0.1, 0.15) is 0 Å². The average molecular weight is 363 g/mol. The summed E-state index contributed by atoms with van der Waals surface area (Å²) < 4.78 is 0. The van der Waals surface area contributed by atoms with Crippen LogP contribution in [0.5, 0.6) is 0 Å². The largest absolute Gasteiger partial charge is 0.308 e. The lowest BCUT2D eigenvalue weighted by Crippen LogP contribution is -2.30. The molecule has 3 nitrogen and oxygen atoms in total. The normalized spacial score (nSPS) is 13.4. The van der Waals surface area contributed by atoms with Gasteiger partial charge in [-0.3, -0.25) is 9.78 Å². The van der Waals surface area contributed by atoms with E-state index in [1.165, 1.54) is 11.1 Å². The van der Waals surface area contributed by atoms with Crippen molar-refractivity contribution < 1.29 is 4.79 Å². The van der Waals surface area contributed by atoms with Crippen molar-refractivity contribution >= 4 is 23.2 Å². The van der Waals surface area contributed by atoms with Gasteiger partial charge in [-0.2, -0.15) is 0 Å². The molecule has 130 valence electrons. The molecule has 2 aromatic carbocycles. The van der Waals surface area contributed by atoms with Crippen LogP contribution in [0, 0.1) is 0 Å². The number of benzene rings is 2. The van der Waals surface area contributed by atoms with Gasteiger partial charge >= 0.3 is 0 Å². The molecule has 1 aromatic heterocycles. The first-order valence-corrected chi connectivity index (χ1v) is 9.08. The number of pyridine rings is 1. The highest BCUT2D eigenvalue weighted by molar-refractivity contribution is 6.30. The summed E-state index contributed by atoms with van der Waals surface area (Å²) in [6, 6.07) is 16.3. The fourth-order valence-electron chi connectivity index (χ4n) is 3.56. The topological polar surface area (TPSA) is 33.2 Å². The van der Waals surface area contributed by atoms with Gasteiger partial charge in [0.15, 0.2) is 0 Å². The van der Waals surface area contributed by atoms with Crippen LogP contribution in [0.3, 0.4) is 0 Å². The van der Waals surface area contributed by atoms with Crippen LogP contribution in [0.25, 0.3) is 11.1 Å². The van der Waals surface area contributed by atoms with E-state index < -0.39 is 0 Å². The Kier molecular flexibility index (Phi) is 4.48. The molecule has 0 unspecified atom stereocenters. The Morgan fingerprint density at radius 1 is 0.923 bits per heavy atom. The number of aryl methyl sites for hydroxylation is 2. The molecule has 1 amide bonds. The summed E-state index contributed by atoms with van der Waals surface area (Å²) in [6.45, 7) is 2.19. The van der Waals surface area contributed by atoms with E-state index in [4.69, 9.17) is 11.6 Å².